The summed E-state index contributed by atoms with van der Waals surface area (Å²) in [6.07, 6.45) is 0.589. The highest BCUT2D eigenvalue weighted by Gasteiger charge is 2.43. The molecule has 0 spiro atoms. The van der Waals surface area contributed by atoms with E-state index in [-0.39, 0.29) is 43.5 Å². The highest BCUT2D eigenvalue weighted by Crippen LogP contribution is 2.37. The minimum atomic E-state index is -1.24. The van der Waals surface area contributed by atoms with Crippen LogP contribution < -0.4 is 14.8 Å². The zero-order valence-corrected chi connectivity index (χ0v) is 25.3. The molecule has 2 aromatic rings. The molecule has 0 saturated carbocycles. The second-order valence-electron chi connectivity index (χ2n) is 9.76. The molecular formula is C29H32ClIN2O8. The number of nitrogens with one attached hydrogen (secondary N) is 1. The number of hydrogen-bond donors (Lipinski definition) is 3. The smallest absolute Gasteiger partial charge is 0.252 e. The molecule has 1 aliphatic carbocycles. The fourth-order valence-corrected chi connectivity index (χ4v) is 5.82. The molecule has 0 radical (unpaired) electrons. The van der Waals surface area contributed by atoms with E-state index in [4.69, 9.17) is 25.8 Å². The minimum absolute atomic E-state index is 0.0388. The third-order valence-electron chi connectivity index (χ3n) is 7.01. The van der Waals surface area contributed by atoms with Gasteiger partial charge in [-0.3, -0.25) is 14.4 Å². The van der Waals surface area contributed by atoms with Gasteiger partial charge in [-0.1, -0.05) is 23.7 Å². The van der Waals surface area contributed by atoms with Gasteiger partial charge >= 0.3 is 0 Å². The summed E-state index contributed by atoms with van der Waals surface area (Å²) in [7, 11) is 1.44. The number of hydrogen-bond acceptors (Lipinski definition) is 8. The number of aldehydes is 1. The molecule has 4 unspecified atom stereocenters. The van der Waals surface area contributed by atoms with Gasteiger partial charge in [-0.05, 0) is 71.3 Å². The van der Waals surface area contributed by atoms with Crippen LogP contribution in [0, 0.1) is 3.57 Å². The fraction of sp³-hybridized carbons (Fsp3) is 0.414. The average Bonchev–Trinajstić information content (AvgIpc) is 3.52. The number of aliphatic hydroxyl groups excluding tert-OH is 2. The van der Waals surface area contributed by atoms with E-state index in [0.717, 1.165) is 12.0 Å². The SMILES string of the molecule is COc1cc(C=O)cc(I)c1OC1C=C(C(=O)NCCO)CC(N(Cc2ccc(Cl)cc2)C(=O)C2CCCO2)C1O. The largest absolute Gasteiger partial charge is 0.493 e. The molecule has 1 fully saturated rings. The Labute approximate surface area is 256 Å². The van der Waals surface area contributed by atoms with Crippen LogP contribution in [-0.2, 0) is 20.9 Å². The lowest BCUT2D eigenvalue weighted by atomic mass is 9.87. The molecule has 1 heterocycles. The molecule has 220 valence electrons. The Morgan fingerprint density at radius 3 is 2.66 bits per heavy atom. The van der Waals surface area contributed by atoms with Crippen LogP contribution in [0.4, 0.5) is 0 Å². The van der Waals surface area contributed by atoms with Crippen molar-refractivity contribution in [1.29, 1.82) is 0 Å². The van der Waals surface area contributed by atoms with Gasteiger partial charge in [0.1, 0.15) is 24.6 Å². The third kappa shape index (κ3) is 7.58. The lowest BCUT2D eigenvalue weighted by Crippen LogP contribution is -2.56. The van der Waals surface area contributed by atoms with E-state index in [1.54, 1.807) is 35.2 Å². The van der Waals surface area contributed by atoms with Crippen LogP contribution >= 0.6 is 34.2 Å². The van der Waals surface area contributed by atoms with E-state index in [1.165, 1.54) is 19.3 Å². The molecular weight excluding hydrogens is 667 g/mol. The van der Waals surface area contributed by atoms with Crippen LogP contribution in [0.3, 0.4) is 0 Å². The lowest BCUT2D eigenvalue weighted by Gasteiger charge is -2.41. The van der Waals surface area contributed by atoms with Crippen LogP contribution in [0.5, 0.6) is 11.5 Å². The molecule has 3 N–H and O–H groups in total. The Balaban J connectivity index is 1.73. The molecule has 2 amide bonds. The summed E-state index contributed by atoms with van der Waals surface area (Å²) in [4.78, 5) is 39.8. The molecule has 0 aromatic heterocycles. The van der Waals surface area contributed by atoms with E-state index in [9.17, 15) is 24.6 Å². The number of carbonyl (C=O) groups is 3. The van der Waals surface area contributed by atoms with Gasteiger partial charge in [-0.25, -0.2) is 0 Å². The number of carbonyl (C=O) groups excluding carboxylic acids is 3. The molecule has 0 bridgehead atoms. The summed E-state index contributed by atoms with van der Waals surface area (Å²) in [5, 5.41) is 24.1. The Morgan fingerprint density at radius 1 is 1.27 bits per heavy atom. The number of methoxy groups -OCH3 is 1. The average molecular weight is 699 g/mol. The molecule has 2 aliphatic rings. The van der Waals surface area contributed by atoms with Gasteiger partial charge in [0.2, 0.25) is 5.91 Å². The first-order chi connectivity index (χ1) is 19.7. The lowest BCUT2D eigenvalue weighted by molar-refractivity contribution is -0.149. The third-order valence-corrected chi connectivity index (χ3v) is 8.06. The Kier molecular flexibility index (Phi) is 11.0. The molecule has 1 aliphatic heterocycles. The van der Waals surface area contributed by atoms with Crippen molar-refractivity contribution in [3.63, 3.8) is 0 Å². The molecule has 41 heavy (non-hydrogen) atoms. The van der Waals surface area contributed by atoms with Crippen molar-refractivity contribution in [3.8, 4) is 11.5 Å². The van der Waals surface area contributed by atoms with Crippen molar-refractivity contribution >= 4 is 52.3 Å². The predicted molar refractivity (Wildman–Crippen MR) is 159 cm³/mol. The van der Waals surface area contributed by atoms with E-state index in [0.29, 0.717) is 39.0 Å². The van der Waals surface area contributed by atoms with Crippen molar-refractivity contribution in [2.45, 2.75) is 50.2 Å². The zero-order valence-electron chi connectivity index (χ0n) is 22.4. The first kappa shape index (κ1) is 31.2. The van der Waals surface area contributed by atoms with Crippen LogP contribution in [0.25, 0.3) is 0 Å². The van der Waals surface area contributed by atoms with Gasteiger partial charge in [-0.2, -0.15) is 0 Å². The number of benzene rings is 2. The summed E-state index contributed by atoms with van der Waals surface area (Å²) >= 11 is 8.08. The van der Waals surface area contributed by atoms with Crippen molar-refractivity contribution in [2.24, 2.45) is 0 Å². The van der Waals surface area contributed by atoms with Crippen LogP contribution in [-0.4, -0.2) is 84.4 Å². The Morgan fingerprint density at radius 2 is 2.02 bits per heavy atom. The van der Waals surface area contributed by atoms with Crippen LogP contribution in [0.1, 0.15) is 35.2 Å². The van der Waals surface area contributed by atoms with Crippen LogP contribution in [0.15, 0.2) is 48.0 Å². The molecule has 4 rings (SSSR count). The van der Waals surface area contributed by atoms with Gasteiger partial charge in [0.15, 0.2) is 11.5 Å². The standard InChI is InChI=1S/C29H32ClIN2O8/c1-39-25-12-18(16-35)11-21(31)27(25)41-24-14-19(28(37)32-8-9-34)13-22(26(24)36)33(29(38)23-3-2-10-40-23)15-17-4-6-20(30)7-5-17/h4-7,11-12,14,16,22-24,26,34,36H,2-3,8-10,13,15H2,1H3,(H,32,37). The maximum absolute atomic E-state index is 13.8. The maximum atomic E-state index is 13.8. The summed E-state index contributed by atoms with van der Waals surface area (Å²) < 4.78 is 18.0. The highest BCUT2D eigenvalue weighted by molar-refractivity contribution is 14.1. The summed E-state index contributed by atoms with van der Waals surface area (Å²) in [5.74, 6) is -0.177. The second-order valence-corrected chi connectivity index (χ2v) is 11.4. The molecule has 10 nitrogen and oxygen atoms in total. The summed E-state index contributed by atoms with van der Waals surface area (Å²) in [6.45, 7) is 0.402. The number of ether oxygens (including phenoxy) is 3. The van der Waals surface area contributed by atoms with E-state index >= 15 is 0 Å². The van der Waals surface area contributed by atoms with Gasteiger partial charge in [0.05, 0.1) is 23.3 Å². The number of rotatable bonds is 11. The second kappa shape index (κ2) is 14.5. The van der Waals surface area contributed by atoms with E-state index in [1.807, 2.05) is 22.6 Å². The van der Waals surface area contributed by atoms with Gasteiger partial charge in [0, 0.05) is 42.3 Å². The highest BCUT2D eigenvalue weighted by atomic mass is 127. The summed E-state index contributed by atoms with van der Waals surface area (Å²) in [5.41, 5.74) is 1.46. The number of aliphatic hydroxyl groups is 2. The topological polar surface area (TPSA) is 135 Å². The van der Waals surface area contributed by atoms with Crippen molar-refractivity contribution in [3.05, 3.63) is 67.8 Å². The molecule has 1 saturated heterocycles. The van der Waals surface area contributed by atoms with Crippen LogP contribution in [0.2, 0.25) is 5.02 Å². The molecule has 2 aromatic carbocycles. The first-order valence-electron chi connectivity index (χ1n) is 13.2. The molecule has 12 heteroatoms. The monoisotopic (exact) mass is 698 g/mol. The normalized spacial score (nSPS) is 22.0. The Hall–Kier alpha value is -2.71. The fourth-order valence-electron chi connectivity index (χ4n) is 4.94. The number of halogens is 2. The molecule has 4 atom stereocenters. The van der Waals surface area contributed by atoms with Gasteiger partial charge < -0.3 is 34.6 Å². The number of amides is 2. The van der Waals surface area contributed by atoms with E-state index < -0.39 is 30.3 Å². The minimum Gasteiger partial charge on any atom is -0.493 e. The van der Waals surface area contributed by atoms with Crippen molar-refractivity contribution in [2.75, 3.05) is 26.9 Å². The quantitative estimate of drug-likeness (QED) is 0.241. The van der Waals surface area contributed by atoms with Crippen molar-refractivity contribution in [1.82, 2.24) is 10.2 Å². The Bertz CT molecular complexity index is 1280. The predicted octanol–water partition coefficient (Wildman–Crippen LogP) is 2.89. The van der Waals surface area contributed by atoms with Crippen molar-refractivity contribution < 1.29 is 38.8 Å². The van der Waals surface area contributed by atoms with Gasteiger partial charge in [-0.15, -0.1) is 0 Å². The summed E-state index contributed by atoms with van der Waals surface area (Å²) in [6, 6.07) is 9.32. The maximum Gasteiger partial charge on any atom is 0.252 e. The first-order valence-corrected chi connectivity index (χ1v) is 14.6. The zero-order chi connectivity index (χ0) is 29.5. The van der Waals surface area contributed by atoms with Gasteiger partial charge in [0.25, 0.3) is 5.91 Å². The van der Waals surface area contributed by atoms with E-state index in [2.05, 4.69) is 5.32 Å². The number of nitrogens with zero attached hydrogens (tertiary/aromatic N) is 1.